The van der Waals surface area contributed by atoms with Crippen molar-refractivity contribution in [3.05, 3.63) is 42.5 Å². The number of hydrogen-bond acceptors (Lipinski definition) is 7. The highest BCUT2D eigenvalue weighted by Crippen LogP contribution is 2.33. The quantitative estimate of drug-likeness (QED) is 0.537. The van der Waals surface area contributed by atoms with Crippen LogP contribution < -0.4 is 10.1 Å². The van der Waals surface area contributed by atoms with Crippen molar-refractivity contribution in [1.29, 1.82) is 0 Å². The first-order valence-corrected chi connectivity index (χ1v) is 13.8. The maximum Gasteiger partial charge on any atom is 0.414 e. The number of ketones is 1. The van der Waals surface area contributed by atoms with E-state index in [0.717, 1.165) is 10.4 Å². The summed E-state index contributed by atoms with van der Waals surface area (Å²) in [6.45, 7) is 5.32. The molecule has 11 heteroatoms. The van der Waals surface area contributed by atoms with Crippen molar-refractivity contribution >= 4 is 40.9 Å². The van der Waals surface area contributed by atoms with E-state index in [0.29, 0.717) is 24.4 Å². The van der Waals surface area contributed by atoms with E-state index in [9.17, 15) is 24.0 Å². The highest BCUT2D eigenvalue weighted by Gasteiger charge is 2.52. The van der Waals surface area contributed by atoms with Crippen molar-refractivity contribution in [2.75, 3.05) is 26.7 Å². The molecule has 4 rings (SSSR count). The molecule has 1 N–H and O–H groups in total. The molecule has 3 unspecified atom stereocenters. The SMILES string of the molecule is CC(=O)N(C)CC(=O)N1CC(=O)C2C1CCN2C(=O)C(CC(C)C)NC(=O)Oc1ccc(-c2ccccc2)s1. The minimum absolute atomic E-state index is 0.0866. The molecule has 2 aliphatic heterocycles. The second-order valence-corrected chi connectivity index (χ2v) is 11.4. The average molecular weight is 555 g/mol. The van der Waals surface area contributed by atoms with Gasteiger partial charge in [0.15, 0.2) is 10.8 Å². The summed E-state index contributed by atoms with van der Waals surface area (Å²) in [4.78, 5) is 69.0. The molecule has 208 valence electrons. The predicted octanol–water partition coefficient (Wildman–Crippen LogP) is 2.78. The van der Waals surface area contributed by atoms with Gasteiger partial charge in [0.05, 0.1) is 19.1 Å². The fraction of sp³-hybridized carbons (Fsp3) is 0.464. The van der Waals surface area contributed by atoms with Gasteiger partial charge in [-0.2, -0.15) is 0 Å². The first-order valence-electron chi connectivity index (χ1n) is 13.0. The molecule has 0 spiro atoms. The molecular weight excluding hydrogens is 520 g/mol. The van der Waals surface area contributed by atoms with Crippen molar-refractivity contribution in [2.45, 2.75) is 51.7 Å². The van der Waals surface area contributed by atoms with Gasteiger partial charge < -0.3 is 24.8 Å². The van der Waals surface area contributed by atoms with Gasteiger partial charge in [0.2, 0.25) is 17.7 Å². The lowest BCUT2D eigenvalue weighted by atomic mass is 10.0. The Hall–Kier alpha value is -3.73. The van der Waals surface area contributed by atoms with Crippen LogP contribution in [0, 0.1) is 5.92 Å². The van der Waals surface area contributed by atoms with E-state index in [-0.39, 0.29) is 42.5 Å². The molecule has 4 amide bonds. The number of amides is 4. The summed E-state index contributed by atoms with van der Waals surface area (Å²) in [7, 11) is 1.53. The third-order valence-corrected chi connectivity index (χ3v) is 8.08. The van der Waals surface area contributed by atoms with Crippen molar-refractivity contribution < 1.29 is 28.7 Å². The van der Waals surface area contributed by atoms with Gasteiger partial charge in [0.1, 0.15) is 12.1 Å². The van der Waals surface area contributed by atoms with Crippen LogP contribution in [-0.2, 0) is 19.2 Å². The zero-order chi connectivity index (χ0) is 28.3. The Kier molecular flexibility index (Phi) is 8.69. The third-order valence-electron chi connectivity index (χ3n) is 7.07. The van der Waals surface area contributed by atoms with E-state index < -0.39 is 24.2 Å². The van der Waals surface area contributed by atoms with Crippen LogP contribution in [0.4, 0.5) is 4.79 Å². The number of benzene rings is 1. The van der Waals surface area contributed by atoms with E-state index >= 15 is 0 Å². The molecule has 0 aliphatic carbocycles. The molecule has 2 saturated heterocycles. The zero-order valence-corrected chi connectivity index (χ0v) is 23.4. The normalized spacial score (nSPS) is 19.2. The van der Waals surface area contributed by atoms with Crippen LogP contribution in [-0.4, -0.2) is 89.1 Å². The Bertz CT molecular complexity index is 1250. The summed E-state index contributed by atoms with van der Waals surface area (Å²) in [5.41, 5.74) is 1.01. The van der Waals surface area contributed by atoms with Gasteiger partial charge in [-0.3, -0.25) is 19.2 Å². The molecule has 2 fully saturated rings. The second kappa shape index (κ2) is 12.0. The lowest BCUT2D eigenvalue weighted by Crippen LogP contribution is -2.53. The number of Topliss-reactive ketones (excluding diaryl/α,β-unsaturated/α-hetero) is 1. The van der Waals surface area contributed by atoms with Crippen molar-refractivity contribution in [1.82, 2.24) is 20.0 Å². The summed E-state index contributed by atoms with van der Waals surface area (Å²) in [5.74, 6) is -1.07. The Balaban J connectivity index is 1.42. The molecule has 1 aromatic heterocycles. The molecular formula is C28H34N4O6S. The number of hydrogen-bond donors (Lipinski definition) is 1. The first-order chi connectivity index (χ1) is 18.5. The fourth-order valence-electron chi connectivity index (χ4n) is 5.08. The van der Waals surface area contributed by atoms with Crippen LogP contribution >= 0.6 is 11.3 Å². The first kappa shape index (κ1) is 28.3. The van der Waals surface area contributed by atoms with E-state index in [4.69, 9.17) is 4.74 Å². The van der Waals surface area contributed by atoms with E-state index in [1.807, 2.05) is 50.2 Å². The maximum atomic E-state index is 13.6. The number of nitrogens with zero attached hydrogens (tertiary/aromatic N) is 3. The molecule has 10 nitrogen and oxygen atoms in total. The third kappa shape index (κ3) is 6.47. The molecule has 3 heterocycles. The van der Waals surface area contributed by atoms with Gasteiger partial charge in [0, 0.05) is 25.4 Å². The smallest absolute Gasteiger partial charge is 0.399 e. The Labute approximate surface area is 231 Å². The van der Waals surface area contributed by atoms with Crippen LogP contribution in [0.3, 0.4) is 0 Å². The number of thiophene rings is 1. The summed E-state index contributed by atoms with van der Waals surface area (Å²) in [6, 6.07) is 11.2. The predicted molar refractivity (Wildman–Crippen MR) is 146 cm³/mol. The minimum Gasteiger partial charge on any atom is -0.399 e. The maximum absolute atomic E-state index is 13.6. The van der Waals surface area contributed by atoms with Gasteiger partial charge >= 0.3 is 6.09 Å². The number of carbonyl (C=O) groups is 5. The lowest BCUT2D eigenvalue weighted by Gasteiger charge is -2.29. The summed E-state index contributed by atoms with van der Waals surface area (Å²) >= 11 is 1.33. The molecule has 0 radical (unpaired) electrons. The van der Waals surface area contributed by atoms with Crippen LogP contribution in [0.25, 0.3) is 10.4 Å². The molecule has 39 heavy (non-hydrogen) atoms. The van der Waals surface area contributed by atoms with Crippen LogP contribution in [0.5, 0.6) is 5.06 Å². The Morgan fingerprint density at radius 1 is 1.10 bits per heavy atom. The van der Waals surface area contributed by atoms with Gasteiger partial charge in [0.25, 0.3) is 0 Å². The molecule has 2 aliphatic rings. The van der Waals surface area contributed by atoms with Gasteiger partial charge in [-0.25, -0.2) is 4.79 Å². The number of likely N-dealkylation sites (tertiary alicyclic amines) is 2. The minimum atomic E-state index is -0.883. The summed E-state index contributed by atoms with van der Waals surface area (Å²) in [5, 5.41) is 3.11. The van der Waals surface area contributed by atoms with E-state index in [2.05, 4.69) is 5.32 Å². The number of fused-ring (bicyclic) bond motifs is 1. The van der Waals surface area contributed by atoms with Crippen molar-refractivity contribution in [2.24, 2.45) is 5.92 Å². The highest BCUT2D eigenvalue weighted by atomic mass is 32.1. The number of ether oxygens (including phenoxy) is 1. The van der Waals surface area contributed by atoms with Gasteiger partial charge in [-0.1, -0.05) is 55.5 Å². The monoisotopic (exact) mass is 554 g/mol. The Morgan fingerprint density at radius 3 is 2.49 bits per heavy atom. The number of carbonyl (C=O) groups excluding carboxylic acids is 5. The van der Waals surface area contributed by atoms with E-state index in [1.54, 1.807) is 6.07 Å². The van der Waals surface area contributed by atoms with Gasteiger partial charge in [-0.05, 0) is 36.5 Å². The molecule has 3 atom stereocenters. The molecule has 2 aromatic rings. The zero-order valence-electron chi connectivity index (χ0n) is 22.6. The molecule has 1 aromatic carbocycles. The van der Waals surface area contributed by atoms with Crippen molar-refractivity contribution in [3.63, 3.8) is 0 Å². The molecule has 0 saturated carbocycles. The number of nitrogens with one attached hydrogen (secondary N) is 1. The fourth-order valence-corrected chi connectivity index (χ4v) is 5.94. The topological polar surface area (TPSA) is 116 Å². The highest BCUT2D eigenvalue weighted by molar-refractivity contribution is 7.17. The second-order valence-electron chi connectivity index (χ2n) is 10.4. The van der Waals surface area contributed by atoms with Crippen LogP contribution in [0.2, 0.25) is 0 Å². The molecule has 0 bridgehead atoms. The lowest BCUT2D eigenvalue weighted by molar-refractivity contribution is -0.139. The van der Waals surface area contributed by atoms with Crippen molar-refractivity contribution in [3.8, 4) is 15.5 Å². The standard InChI is InChI=1S/C28H34N4O6S/c1-17(2)14-20(29-28(37)38-25-11-10-23(39-25)19-8-6-5-7-9-19)27(36)31-13-12-21-26(31)22(34)15-32(21)24(35)16-30(4)18(3)33/h5-11,17,20-21,26H,12-16H2,1-4H3,(H,29,37). The van der Waals surface area contributed by atoms with Gasteiger partial charge in [-0.15, -0.1) is 0 Å². The summed E-state index contributed by atoms with van der Waals surface area (Å²) < 4.78 is 5.50. The largest absolute Gasteiger partial charge is 0.414 e. The van der Waals surface area contributed by atoms with Crippen LogP contribution in [0.1, 0.15) is 33.6 Å². The number of likely N-dealkylation sites (N-methyl/N-ethyl adjacent to an activating group) is 1. The summed E-state index contributed by atoms with van der Waals surface area (Å²) in [6.07, 6.45) is 0.0727. The number of rotatable bonds is 8. The average Bonchev–Trinajstić information content (AvgIpc) is 3.60. The van der Waals surface area contributed by atoms with E-state index in [1.165, 1.54) is 40.0 Å². The van der Waals surface area contributed by atoms with Crippen LogP contribution in [0.15, 0.2) is 42.5 Å². The Morgan fingerprint density at radius 2 is 1.82 bits per heavy atom.